The molecule has 4 heteroatoms. The van der Waals surface area contributed by atoms with Gasteiger partial charge in [0.05, 0.1) is 0 Å². The molecule has 2 saturated heterocycles. The summed E-state index contributed by atoms with van der Waals surface area (Å²) in [5.74, 6) is 0. The van der Waals surface area contributed by atoms with Crippen LogP contribution in [0.1, 0.15) is 23.6 Å². The van der Waals surface area contributed by atoms with Gasteiger partial charge in [-0.3, -0.25) is 9.68 Å². The summed E-state index contributed by atoms with van der Waals surface area (Å²) in [7, 11) is 0. The molecule has 2 fully saturated rings. The van der Waals surface area contributed by atoms with Crippen molar-refractivity contribution in [1.29, 1.82) is 0 Å². The van der Waals surface area contributed by atoms with Gasteiger partial charge >= 0.3 is 0 Å². The first-order valence-corrected chi connectivity index (χ1v) is 6.88. The van der Waals surface area contributed by atoms with Gasteiger partial charge in [-0.25, -0.2) is 0 Å². The maximum absolute atomic E-state index is 5.57. The predicted octanol–water partition coefficient (Wildman–Crippen LogP) is 2.88. The molecule has 4 rings (SSSR count). The second kappa shape index (κ2) is 5.00. The number of hydrogen-bond acceptors (Lipinski definition) is 4. The van der Waals surface area contributed by atoms with Gasteiger partial charge in [0.25, 0.3) is 0 Å². The van der Waals surface area contributed by atoms with Crippen molar-refractivity contribution in [3.63, 3.8) is 0 Å². The van der Waals surface area contributed by atoms with E-state index >= 15 is 0 Å². The molecule has 4 nitrogen and oxygen atoms in total. The second-order valence-corrected chi connectivity index (χ2v) is 5.02. The average Bonchev–Trinajstić information content (AvgIpc) is 3.41. The minimum atomic E-state index is 0.117. The average molecular weight is 268 g/mol. The molecule has 0 bridgehead atoms. The van der Waals surface area contributed by atoms with Crippen LogP contribution in [0.3, 0.4) is 0 Å². The summed E-state index contributed by atoms with van der Waals surface area (Å²) in [6, 6.07) is 20.5. The highest BCUT2D eigenvalue weighted by Gasteiger charge is 2.42. The molecule has 4 atom stereocenters. The molecule has 2 aliphatic rings. The molecule has 0 aliphatic carbocycles. The number of hydroxylamine groups is 4. The van der Waals surface area contributed by atoms with E-state index in [4.69, 9.17) is 9.68 Å². The van der Waals surface area contributed by atoms with E-state index in [2.05, 4.69) is 24.3 Å². The van der Waals surface area contributed by atoms with Crippen LogP contribution in [0, 0.1) is 0 Å². The van der Waals surface area contributed by atoms with Gasteiger partial charge in [0.1, 0.15) is 0 Å². The zero-order valence-electron chi connectivity index (χ0n) is 11.1. The Morgan fingerprint density at radius 1 is 0.650 bits per heavy atom. The van der Waals surface area contributed by atoms with E-state index in [-0.39, 0.29) is 12.5 Å². The first-order valence-electron chi connectivity index (χ1n) is 6.88. The molecule has 0 radical (unpaired) electrons. The molecule has 0 aromatic heterocycles. The zero-order chi connectivity index (χ0) is 13.4. The van der Waals surface area contributed by atoms with Gasteiger partial charge in [0.2, 0.25) is 0 Å². The Balaban J connectivity index is 1.26. The lowest BCUT2D eigenvalue weighted by Crippen LogP contribution is -2.12. The quantitative estimate of drug-likeness (QED) is 0.780. The van der Waals surface area contributed by atoms with Crippen molar-refractivity contribution in [2.45, 2.75) is 12.5 Å². The molecular formula is C16H16N2O2. The molecule has 0 saturated carbocycles. The van der Waals surface area contributed by atoms with Crippen LogP contribution < -0.4 is 0 Å². The molecule has 2 aromatic rings. The van der Waals surface area contributed by atoms with Crippen LogP contribution in [0.2, 0.25) is 0 Å². The SMILES string of the molecule is c1ccc(C2ON2CCN2OC2c2ccccc2)cc1. The fourth-order valence-corrected chi connectivity index (χ4v) is 2.43. The molecule has 2 heterocycles. The third kappa shape index (κ3) is 2.46. The lowest BCUT2D eigenvalue weighted by Gasteiger charge is -1.99. The fraction of sp³-hybridized carbons (Fsp3) is 0.250. The van der Waals surface area contributed by atoms with Gasteiger partial charge < -0.3 is 0 Å². The van der Waals surface area contributed by atoms with E-state index in [0.29, 0.717) is 0 Å². The lowest BCUT2D eigenvalue weighted by molar-refractivity contribution is 0.147. The van der Waals surface area contributed by atoms with Crippen molar-refractivity contribution in [2.75, 3.05) is 13.1 Å². The van der Waals surface area contributed by atoms with E-state index in [9.17, 15) is 0 Å². The predicted molar refractivity (Wildman–Crippen MR) is 73.9 cm³/mol. The van der Waals surface area contributed by atoms with Crippen LogP contribution in [0.15, 0.2) is 60.7 Å². The fourth-order valence-electron chi connectivity index (χ4n) is 2.43. The molecule has 4 unspecified atom stereocenters. The largest absolute Gasteiger partial charge is 0.270 e. The van der Waals surface area contributed by atoms with Crippen LogP contribution in [0.5, 0.6) is 0 Å². The first-order chi connectivity index (χ1) is 9.92. The minimum absolute atomic E-state index is 0.117. The summed E-state index contributed by atoms with van der Waals surface area (Å²) < 4.78 is 0. The van der Waals surface area contributed by atoms with E-state index < -0.39 is 0 Å². The lowest BCUT2D eigenvalue weighted by atomic mass is 10.2. The number of hydrogen-bond donors (Lipinski definition) is 0. The Hall–Kier alpha value is -1.72. The van der Waals surface area contributed by atoms with Crippen LogP contribution in [0.4, 0.5) is 0 Å². The van der Waals surface area contributed by atoms with Gasteiger partial charge in [-0.05, 0) is 11.1 Å². The Morgan fingerprint density at radius 3 is 1.45 bits per heavy atom. The van der Waals surface area contributed by atoms with E-state index in [1.54, 1.807) is 0 Å². The summed E-state index contributed by atoms with van der Waals surface area (Å²) in [5, 5.41) is 3.97. The Kier molecular flexibility index (Phi) is 3.01. The number of rotatable bonds is 5. The van der Waals surface area contributed by atoms with E-state index in [0.717, 1.165) is 13.1 Å². The van der Waals surface area contributed by atoms with Gasteiger partial charge in [0, 0.05) is 13.1 Å². The van der Waals surface area contributed by atoms with Gasteiger partial charge in [-0.15, -0.1) is 0 Å². The summed E-state index contributed by atoms with van der Waals surface area (Å²) in [4.78, 5) is 11.1. The molecule has 102 valence electrons. The summed E-state index contributed by atoms with van der Waals surface area (Å²) >= 11 is 0. The molecule has 0 N–H and O–H groups in total. The molecule has 2 aliphatic heterocycles. The summed E-state index contributed by atoms with van der Waals surface area (Å²) in [6.07, 6.45) is 0.234. The van der Waals surface area contributed by atoms with Crippen molar-refractivity contribution in [3.05, 3.63) is 71.8 Å². The molecule has 0 spiro atoms. The third-order valence-electron chi connectivity index (χ3n) is 3.61. The topological polar surface area (TPSA) is 31.1 Å². The number of nitrogens with zero attached hydrogens (tertiary/aromatic N) is 2. The minimum Gasteiger partial charge on any atom is -0.270 e. The van der Waals surface area contributed by atoms with Crippen LogP contribution >= 0.6 is 0 Å². The van der Waals surface area contributed by atoms with Crippen LogP contribution in [-0.4, -0.2) is 23.2 Å². The Morgan fingerprint density at radius 2 is 1.05 bits per heavy atom. The summed E-state index contributed by atoms with van der Waals surface area (Å²) in [5.41, 5.74) is 2.41. The Labute approximate surface area is 118 Å². The van der Waals surface area contributed by atoms with Crippen LogP contribution in [0.25, 0.3) is 0 Å². The molecular weight excluding hydrogens is 252 g/mol. The normalized spacial score (nSPS) is 31.0. The maximum Gasteiger partial charge on any atom is 0.180 e. The van der Waals surface area contributed by atoms with Gasteiger partial charge in [-0.2, -0.15) is 10.1 Å². The van der Waals surface area contributed by atoms with Gasteiger partial charge in [0.15, 0.2) is 12.5 Å². The highest BCUT2D eigenvalue weighted by Crippen LogP contribution is 2.39. The third-order valence-corrected chi connectivity index (χ3v) is 3.61. The maximum atomic E-state index is 5.57. The van der Waals surface area contributed by atoms with Crippen molar-refractivity contribution < 1.29 is 9.68 Å². The molecule has 2 aromatic carbocycles. The zero-order valence-corrected chi connectivity index (χ0v) is 11.1. The molecule has 0 amide bonds. The van der Waals surface area contributed by atoms with Crippen molar-refractivity contribution >= 4 is 0 Å². The number of benzene rings is 2. The van der Waals surface area contributed by atoms with Crippen LogP contribution in [-0.2, 0) is 9.68 Å². The summed E-state index contributed by atoms with van der Waals surface area (Å²) in [6.45, 7) is 1.70. The molecule has 20 heavy (non-hydrogen) atoms. The van der Waals surface area contributed by atoms with Crippen molar-refractivity contribution in [2.24, 2.45) is 0 Å². The highest BCUT2D eigenvalue weighted by molar-refractivity contribution is 5.19. The Bertz CT molecular complexity index is 522. The van der Waals surface area contributed by atoms with Crippen molar-refractivity contribution in [1.82, 2.24) is 10.1 Å². The van der Waals surface area contributed by atoms with Crippen molar-refractivity contribution in [3.8, 4) is 0 Å². The first kappa shape index (κ1) is 12.1. The van der Waals surface area contributed by atoms with E-state index in [1.807, 2.05) is 46.5 Å². The monoisotopic (exact) mass is 268 g/mol. The smallest absolute Gasteiger partial charge is 0.180 e. The standard InChI is InChI=1S/C16H16N2O2/c1-3-7-13(8-4-1)15-17(19-15)11-12-18-16(20-18)14-9-5-2-6-10-14/h1-10,15-16H,11-12H2. The van der Waals surface area contributed by atoms with Gasteiger partial charge in [-0.1, -0.05) is 60.7 Å². The highest BCUT2D eigenvalue weighted by atomic mass is 16.8. The van der Waals surface area contributed by atoms with E-state index in [1.165, 1.54) is 11.1 Å². The second-order valence-electron chi connectivity index (χ2n) is 5.02.